The van der Waals surface area contributed by atoms with Crippen LogP contribution < -0.4 is 0 Å². The Balaban J connectivity index is 1.62. The number of carbonyl (C=O) groups is 3. The molecule has 1 aliphatic rings. The van der Waals surface area contributed by atoms with E-state index in [0.717, 1.165) is 5.52 Å². The van der Waals surface area contributed by atoms with Gasteiger partial charge in [-0.3, -0.25) is 9.59 Å². The van der Waals surface area contributed by atoms with E-state index in [4.69, 9.17) is 4.84 Å². The molecule has 118 valence electrons. The molecule has 0 spiro atoms. The van der Waals surface area contributed by atoms with Gasteiger partial charge in [-0.15, -0.1) is 5.10 Å². The van der Waals surface area contributed by atoms with E-state index in [0.29, 0.717) is 10.6 Å². The Hall–Kier alpha value is -3.55. The van der Waals surface area contributed by atoms with Crippen molar-refractivity contribution in [1.29, 1.82) is 0 Å². The van der Waals surface area contributed by atoms with E-state index in [2.05, 4.69) is 10.3 Å². The summed E-state index contributed by atoms with van der Waals surface area (Å²) in [6.45, 7) is 0. The molecule has 4 rings (SSSR count). The molecule has 0 aliphatic carbocycles. The minimum absolute atomic E-state index is 0.166. The summed E-state index contributed by atoms with van der Waals surface area (Å²) in [5.74, 6) is -2.15. The highest BCUT2D eigenvalue weighted by molar-refractivity contribution is 6.21. The first-order valence-corrected chi connectivity index (χ1v) is 7.06. The van der Waals surface area contributed by atoms with Gasteiger partial charge in [0.25, 0.3) is 11.8 Å². The van der Waals surface area contributed by atoms with Gasteiger partial charge in [-0.05, 0) is 30.3 Å². The summed E-state index contributed by atoms with van der Waals surface area (Å²) in [6.07, 6.45) is 0. The number of aryl methyl sites for hydroxylation is 1. The summed E-state index contributed by atoms with van der Waals surface area (Å²) < 4.78 is 1.56. The molecule has 2 aromatic carbocycles. The number of fused-ring (bicyclic) bond motifs is 2. The third kappa shape index (κ3) is 1.97. The van der Waals surface area contributed by atoms with Crippen molar-refractivity contribution in [3.05, 3.63) is 59.2 Å². The highest BCUT2D eigenvalue weighted by Gasteiger charge is 2.38. The maximum Gasteiger partial charge on any atom is 0.364 e. The molecule has 8 heteroatoms. The Morgan fingerprint density at radius 1 is 1.04 bits per heavy atom. The van der Waals surface area contributed by atoms with E-state index in [9.17, 15) is 14.4 Å². The van der Waals surface area contributed by atoms with Crippen molar-refractivity contribution in [2.24, 2.45) is 7.05 Å². The summed E-state index contributed by atoms with van der Waals surface area (Å²) in [5, 5.41) is 8.24. The predicted molar refractivity (Wildman–Crippen MR) is 80.9 cm³/mol. The van der Waals surface area contributed by atoms with Gasteiger partial charge >= 0.3 is 5.97 Å². The Labute approximate surface area is 135 Å². The van der Waals surface area contributed by atoms with Crippen molar-refractivity contribution in [1.82, 2.24) is 20.1 Å². The second kappa shape index (κ2) is 4.98. The quantitative estimate of drug-likeness (QED) is 0.661. The predicted octanol–water partition coefficient (Wildman–Crippen LogP) is 1.34. The molecule has 8 nitrogen and oxygen atoms in total. The van der Waals surface area contributed by atoms with Crippen LogP contribution in [0.1, 0.15) is 31.1 Å². The van der Waals surface area contributed by atoms with Gasteiger partial charge in [0.15, 0.2) is 0 Å². The number of hydrogen-bond donors (Lipinski definition) is 0. The number of benzene rings is 2. The largest absolute Gasteiger partial charge is 0.364 e. The Morgan fingerprint density at radius 3 is 2.38 bits per heavy atom. The fraction of sp³-hybridized carbons (Fsp3) is 0.0625. The summed E-state index contributed by atoms with van der Waals surface area (Å²) in [7, 11) is 1.73. The average molecular weight is 322 g/mol. The lowest BCUT2D eigenvalue weighted by Gasteiger charge is -2.12. The smallest absolute Gasteiger partial charge is 0.324 e. The first-order valence-electron chi connectivity index (χ1n) is 7.06. The fourth-order valence-corrected chi connectivity index (χ4v) is 2.55. The van der Waals surface area contributed by atoms with Crippen LogP contribution in [0.5, 0.6) is 0 Å². The molecule has 24 heavy (non-hydrogen) atoms. The van der Waals surface area contributed by atoms with Gasteiger partial charge in [-0.2, -0.15) is 0 Å². The number of aromatic nitrogens is 3. The molecular formula is C16H10N4O4. The fourth-order valence-electron chi connectivity index (χ4n) is 2.55. The molecular weight excluding hydrogens is 312 g/mol. The van der Waals surface area contributed by atoms with Crippen LogP contribution >= 0.6 is 0 Å². The Bertz CT molecular complexity index is 989. The minimum Gasteiger partial charge on any atom is -0.324 e. The summed E-state index contributed by atoms with van der Waals surface area (Å²) >= 11 is 0. The lowest BCUT2D eigenvalue weighted by molar-refractivity contribution is -0.0584. The van der Waals surface area contributed by atoms with Crippen LogP contribution in [0, 0.1) is 0 Å². The lowest BCUT2D eigenvalue weighted by atomic mass is 10.1. The zero-order chi connectivity index (χ0) is 16.8. The zero-order valence-corrected chi connectivity index (χ0v) is 12.5. The van der Waals surface area contributed by atoms with Crippen molar-refractivity contribution >= 4 is 28.8 Å². The minimum atomic E-state index is -0.822. The van der Waals surface area contributed by atoms with Crippen molar-refractivity contribution in [2.75, 3.05) is 0 Å². The maximum absolute atomic E-state index is 12.3. The number of hydroxylamine groups is 2. The van der Waals surface area contributed by atoms with Gasteiger partial charge in [0.05, 0.1) is 22.2 Å². The monoisotopic (exact) mass is 322 g/mol. The Kier molecular flexibility index (Phi) is 2.92. The SMILES string of the molecule is Cn1nnc2cc(C(=O)ON3C(=O)c4ccccc4C3=O)ccc21. The van der Waals surface area contributed by atoms with Gasteiger partial charge in [0.2, 0.25) is 0 Å². The number of nitrogens with zero attached hydrogens (tertiary/aromatic N) is 4. The third-order valence-electron chi connectivity index (χ3n) is 3.78. The van der Waals surface area contributed by atoms with Crippen molar-refractivity contribution in [2.45, 2.75) is 0 Å². The van der Waals surface area contributed by atoms with E-state index in [1.54, 1.807) is 29.9 Å². The normalized spacial score (nSPS) is 13.5. The summed E-state index contributed by atoms with van der Waals surface area (Å²) in [5.41, 5.74) is 1.83. The molecule has 0 N–H and O–H groups in total. The molecule has 0 saturated heterocycles. The van der Waals surface area contributed by atoms with Crippen LogP contribution in [-0.2, 0) is 11.9 Å². The highest BCUT2D eigenvalue weighted by atomic mass is 16.7. The molecule has 0 atom stereocenters. The third-order valence-corrected chi connectivity index (χ3v) is 3.78. The van der Waals surface area contributed by atoms with Crippen molar-refractivity contribution in [3.8, 4) is 0 Å². The van der Waals surface area contributed by atoms with E-state index in [1.807, 2.05) is 0 Å². The van der Waals surface area contributed by atoms with Gasteiger partial charge in [-0.25, -0.2) is 9.48 Å². The number of carbonyl (C=O) groups excluding carboxylic acids is 3. The van der Waals surface area contributed by atoms with Crippen LogP contribution in [-0.4, -0.2) is 37.8 Å². The first kappa shape index (κ1) is 14.1. The van der Waals surface area contributed by atoms with Crippen molar-refractivity contribution < 1.29 is 19.2 Å². The van der Waals surface area contributed by atoms with E-state index >= 15 is 0 Å². The highest BCUT2D eigenvalue weighted by Crippen LogP contribution is 2.23. The number of imide groups is 1. The van der Waals surface area contributed by atoms with Crippen LogP contribution in [0.3, 0.4) is 0 Å². The Morgan fingerprint density at radius 2 is 1.71 bits per heavy atom. The molecule has 0 radical (unpaired) electrons. The zero-order valence-electron chi connectivity index (χ0n) is 12.5. The summed E-state index contributed by atoms with van der Waals surface area (Å²) in [6, 6.07) is 11.0. The molecule has 0 saturated carbocycles. The van der Waals surface area contributed by atoms with Crippen LogP contribution in [0.2, 0.25) is 0 Å². The average Bonchev–Trinajstić information content (AvgIpc) is 3.08. The standard InChI is InChI=1S/C16H10N4O4/c1-19-13-7-6-9(8-12(13)17-18-19)16(23)24-20-14(21)10-4-2-3-5-11(10)15(20)22/h2-8H,1H3. The molecule has 3 aromatic rings. The second-order valence-electron chi connectivity index (χ2n) is 5.25. The second-order valence-corrected chi connectivity index (χ2v) is 5.25. The summed E-state index contributed by atoms with van der Waals surface area (Å²) in [4.78, 5) is 41.7. The number of amides is 2. The van der Waals surface area contributed by atoms with Crippen LogP contribution in [0.25, 0.3) is 11.0 Å². The van der Waals surface area contributed by atoms with Gasteiger partial charge in [0.1, 0.15) is 5.52 Å². The van der Waals surface area contributed by atoms with Gasteiger partial charge in [-0.1, -0.05) is 22.4 Å². The van der Waals surface area contributed by atoms with Crippen LogP contribution in [0.4, 0.5) is 0 Å². The molecule has 1 aromatic heterocycles. The first-order chi connectivity index (χ1) is 11.6. The molecule has 0 fully saturated rings. The van der Waals surface area contributed by atoms with Crippen molar-refractivity contribution in [3.63, 3.8) is 0 Å². The molecule has 2 amide bonds. The number of hydrogen-bond acceptors (Lipinski definition) is 6. The van der Waals surface area contributed by atoms with E-state index in [-0.39, 0.29) is 16.7 Å². The van der Waals surface area contributed by atoms with E-state index < -0.39 is 17.8 Å². The molecule has 0 bridgehead atoms. The van der Waals surface area contributed by atoms with E-state index in [1.165, 1.54) is 24.3 Å². The van der Waals surface area contributed by atoms with Gasteiger partial charge in [0, 0.05) is 7.05 Å². The topological polar surface area (TPSA) is 94.4 Å². The maximum atomic E-state index is 12.3. The number of rotatable bonds is 2. The van der Waals surface area contributed by atoms with Crippen LogP contribution in [0.15, 0.2) is 42.5 Å². The van der Waals surface area contributed by atoms with Gasteiger partial charge < -0.3 is 4.84 Å². The molecule has 1 aliphatic heterocycles. The molecule has 2 heterocycles. The molecule has 0 unspecified atom stereocenters. The lowest BCUT2D eigenvalue weighted by Crippen LogP contribution is -2.32.